The predicted molar refractivity (Wildman–Crippen MR) is 193 cm³/mol. The minimum absolute atomic E-state index is 0.0760. The van der Waals surface area contributed by atoms with Crippen LogP contribution in [0.15, 0.2) is 48.5 Å². The van der Waals surface area contributed by atoms with Crippen molar-refractivity contribution in [3.05, 3.63) is 54.1 Å². The molecule has 0 spiro atoms. The summed E-state index contributed by atoms with van der Waals surface area (Å²) in [4.78, 5) is 76.5. The van der Waals surface area contributed by atoms with E-state index in [-0.39, 0.29) is 24.5 Å². The quantitative estimate of drug-likeness (QED) is 0.106. The largest absolute Gasteiger partial charge is 0.494 e. The Balaban J connectivity index is 1.65. The Morgan fingerprint density at radius 2 is 1.09 bits per heavy atom. The summed E-state index contributed by atoms with van der Waals surface area (Å²) >= 11 is 0. The Kier molecular flexibility index (Phi) is 13.5. The molecule has 0 saturated heterocycles. The summed E-state index contributed by atoms with van der Waals surface area (Å²) in [6.07, 6.45) is -0.112. The summed E-state index contributed by atoms with van der Waals surface area (Å²) in [5.41, 5.74) is -4.91. The van der Waals surface area contributed by atoms with E-state index >= 15 is 0 Å². The number of ether oxygens (including phenoxy) is 4. The number of anilines is 1. The maximum Gasteiger partial charge on any atom is 0.407 e. The van der Waals surface area contributed by atoms with Crippen LogP contribution in [0.4, 0.5) is 15.3 Å². The van der Waals surface area contributed by atoms with Crippen LogP contribution >= 0.6 is 0 Å². The van der Waals surface area contributed by atoms with Crippen molar-refractivity contribution >= 4 is 41.5 Å². The molecule has 0 heterocycles. The van der Waals surface area contributed by atoms with Gasteiger partial charge >= 0.3 is 24.1 Å². The summed E-state index contributed by atoms with van der Waals surface area (Å²) in [5.74, 6) is -6.96. The Morgan fingerprint density at radius 1 is 0.660 bits per heavy atom. The highest BCUT2D eigenvalue weighted by Gasteiger charge is 2.78. The zero-order chi connectivity index (χ0) is 39.8. The third-order valence-corrected chi connectivity index (χ3v) is 8.63. The summed E-state index contributed by atoms with van der Waals surface area (Å²) in [6, 6.07) is 12.1. The van der Waals surface area contributed by atoms with Gasteiger partial charge in [0, 0.05) is 24.3 Å². The molecule has 290 valence electrons. The molecular formula is C38H51N3O12. The molecule has 1 aliphatic rings. The van der Waals surface area contributed by atoms with Crippen LogP contribution in [0.2, 0.25) is 0 Å². The van der Waals surface area contributed by atoms with Gasteiger partial charge in [0.1, 0.15) is 22.7 Å². The number of carbonyl (C=O) groups excluding carboxylic acids is 4. The lowest BCUT2D eigenvalue weighted by Gasteiger charge is -2.60. The lowest BCUT2D eigenvalue weighted by Crippen LogP contribution is -2.73. The molecule has 53 heavy (non-hydrogen) atoms. The van der Waals surface area contributed by atoms with Gasteiger partial charge in [-0.3, -0.25) is 19.2 Å². The highest BCUT2D eigenvalue weighted by Crippen LogP contribution is 2.65. The number of alkyl carbamates (subject to hydrolysis) is 2. The molecule has 5 N–H and O–H groups in total. The Labute approximate surface area is 309 Å². The van der Waals surface area contributed by atoms with E-state index in [4.69, 9.17) is 18.9 Å². The number of hydrogen-bond acceptors (Lipinski definition) is 10. The van der Waals surface area contributed by atoms with Crippen molar-refractivity contribution in [3.63, 3.8) is 0 Å². The Bertz CT molecular complexity index is 1650. The maximum absolute atomic E-state index is 14.0. The molecule has 0 radical (unpaired) electrons. The molecule has 2 aromatic carbocycles. The van der Waals surface area contributed by atoms with Crippen LogP contribution in [0, 0.1) is 22.7 Å². The van der Waals surface area contributed by atoms with Crippen LogP contribution in [0.25, 0.3) is 0 Å². The molecule has 3 rings (SSSR count). The average molecular weight is 742 g/mol. The first kappa shape index (κ1) is 42.1. The van der Waals surface area contributed by atoms with Crippen molar-refractivity contribution in [1.29, 1.82) is 0 Å². The van der Waals surface area contributed by atoms with Crippen LogP contribution in [0.5, 0.6) is 11.5 Å². The monoisotopic (exact) mass is 741 g/mol. The second-order valence-corrected chi connectivity index (χ2v) is 15.2. The van der Waals surface area contributed by atoms with E-state index in [1.165, 1.54) is 50.2 Å². The van der Waals surface area contributed by atoms with Gasteiger partial charge < -0.3 is 45.1 Å². The van der Waals surface area contributed by atoms with Gasteiger partial charge in [0.2, 0.25) is 5.91 Å². The Morgan fingerprint density at radius 3 is 1.49 bits per heavy atom. The molecule has 3 amide bonds. The van der Waals surface area contributed by atoms with Gasteiger partial charge in [-0.25, -0.2) is 9.59 Å². The standard InChI is InChI=1S/C38H51N3O12/c1-35(2,3)52-33(48)39-19-9-21-50-25-15-11-23(12-16-25)27(42)28-37(7,29(30(43)44)38(28,8)32(46)47)31(45)41-24-13-17-26(18-14-24)51-22-10-20-40-34(49)53-36(4,5)6/h11-18,28-29H,9-10,19-22H2,1-8H3,(H,39,48)(H,40,49)(H,41,45)(H,43,44)(H,46,47). The number of aliphatic carboxylic acids is 2. The molecular weight excluding hydrogens is 690 g/mol. The minimum Gasteiger partial charge on any atom is -0.494 e. The number of amides is 3. The number of ketones is 1. The van der Waals surface area contributed by atoms with Crippen molar-refractivity contribution in [3.8, 4) is 11.5 Å². The Hall–Kier alpha value is -5.34. The molecule has 0 bridgehead atoms. The number of carbonyl (C=O) groups is 6. The molecule has 0 aromatic heterocycles. The van der Waals surface area contributed by atoms with Gasteiger partial charge in [-0.1, -0.05) is 0 Å². The molecule has 15 nitrogen and oxygen atoms in total. The van der Waals surface area contributed by atoms with Gasteiger partial charge in [0.05, 0.1) is 35.9 Å². The summed E-state index contributed by atoms with van der Waals surface area (Å²) in [5, 5.41) is 28.3. The molecule has 1 saturated carbocycles. The van der Waals surface area contributed by atoms with Crippen molar-refractivity contribution in [2.24, 2.45) is 22.7 Å². The molecule has 1 aliphatic carbocycles. The van der Waals surface area contributed by atoms with E-state index in [1.807, 2.05) is 0 Å². The predicted octanol–water partition coefficient (Wildman–Crippen LogP) is 5.52. The maximum atomic E-state index is 14.0. The molecule has 15 heteroatoms. The molecule has 2 aromatic rings. The summed E-state index contributed by atoms with van der Waals surface area (Å²) in [6.45, 7) is 14.2. The summed E-state index contributed by atoms with van der Waals surface area (Å²) in [7, 11) is 0. The van der Waals surface area contributed by atoms with E-state index in [0.29, 0.717) is 37.4 Å². The van der Waals surface area contributed by atoms with Gasteiger partial charge in [0.15, 0.2) is 5.78 Å². The molecule has 0 aliphatic heterocycles. The molecule has 4 atom stereocenters. The number of carboxylic acids is 2. The second kappa shape index (κ2) is 17.0. The number of hydrogen-bond donors (Lipinski definition) is 5. The van der Waals surface area contributed by atoms with E-state index in [2.05, 4.69) is 16.0 Å². The first-order valence-corrected chi connectivity index (χ1v) is 17.3. The lowest BCUT2D eigenvalue weighted by atomic mass is 9.38. The van der Waals surface area contributed by atoms with E-state index < -0.39 is 69.7 Å². The third kappa shape index (κ3) is 10.8. The van der Waals surface area contributed by atoms with Gasteiger partial charge in [-0.2, -0.15) is 0 Å². The van der Waals surface area contributed by atoms with Crippen molar-refractivity contribution < 1.29 is 57.9 Å². The number of nitrogens with one attached hydrogen (secondary N) is 3. The van der Waals surface area contributed by atoms with Crippen LogP contribution in [0.1, 0.15) is 78.6 Å². The fraction of sp³-hybridized carbons (Fsp3) is 0.526. The zero-order valence-corrected chi connectivity index (χ0v) is 31.5. The van der Waals surface area contributed by atoms with E-state index in [1.54, 1.807) is 53.7 Å². The normalized spacial score (nSPS) is 20.9. The zero-order valence-electron chi connectivity index (χ0n) is 31.5. The number of rotatable bonds is 16. The van der Waals surface area contributed by atoms with Crippen molar-refractivity contribution in [2.45, 2.75) is 79.4 Å². The highest BCUT2D eigenvalue weighted by atomic mass is 16.6. The second-order valence-electron chi connectivity index (χ2n) is 15.2. The highest BCUT2D eigenvalue weighted by molar-refractivity contribution is 6.12. The topological polar surface area (TPSA) is 216 Å². The molecule has 4 unspecified atom stereocenters. The number of Topliss-reactive ketones (excluding diaryl/α,β-unsaturated/α-hetero) is 1. The van der Waals surface area contributed by atoms with E-state index in [9.17, 15) is 39.0 Å². The van der Waals surface area contributed by atoms with Crippen molar-refractivity contribution in [2.75, 3.05) is 31.6 Å². The van der Waals surface area contributed by atoms with Crippen LogP contribution in [-0.4, -0.2) is 83.5 Å². The molecule has 1 fully saturated rings. The van der Waals surface area contributed by atoms with Gasteiger partial charge in [-0.05, 0) is 117 Å². The lowest BCUT2D eigenvalue weighted by molar-refractivity contribution is -0.208. The van der Waals surface area contributed by atoms with Crippen molar-refractivity contribution in [1.82, 2.24) is 10.6 Å². The summed E-state index contributed by atoms with van der Waals surface area (Å²) < 4.78 is 21.7. The fourth-order valence-electron chi connectivity index (χ4n) is 6.37. The smallest absolute Gasteiger partial charge is 0.407 e. The number of carboxylic acid groups (broad SMARTS) is 2. The SMILES string of the molecule is CC(C)(C)OC(=O)NCCCOc1ccc(NC(=O)C2(C)C(C(=O)O)C(C)(C(=O)O)C2C(=O)c2ccc(OCCCNC(=O)OC(C)(C)C)cc2)cc1. The fourth-order valence-corrected chi connectivity index (χ4v) is 6.37. The van der Waals surface area contributed by atoms with E-state index in [0.717, 1.165) is 0 Å². The first-order valence-electron chi connectivity index (χ1n) is 17.3. The third-order valence-electron chi connectivity index (χ3n) is 8.63. The van der Waals surface area contributed by atoms with Gasteiger partial charge in [-0.15, -0.1) is 0 Å². The van der Waals surface area contributed by atoms with Crippen LogP contribution < -0.4 is 25.4 Å². The first-order chi connectivity index (χ1) is 24.6. The average Bonchev–Trinajstić information content (AvgIpc) is 3.03. The minimum atomic E-state index is -2.10. The van der Waals surface area contributed by atoms with Crippen LogP contribution in [0.3, 0.4) is 0 Å². The number of benzene rings is 2. The van der Waals surface area contributed by atoms with Crippen LogP contribution in [-0.2, 0) is 23.9 Å². The van der Waals surface area contributed by atoms with Gasteiger partial charge in [0.25, 0.3) is 0 Å².